The zero-order valence-electron chi connectivity index (χ0n) is 11.0. The Labute approximate surface area is 118 Å². The molecular weight excluding hydrogens is 290 g/mol. The molecule has 1 heterocycles. The first-order valence-electron chi connectivity index (χ1n) is 5.75. The van der Waals surface area contributed by atoms with Crippen molar-refractivity contribution < 1.29 is 13.2 Å². The van der Waals surface area contributed by atoms with E-state index in [0.29, 0.717) is 13.2 Å². The second kappa shape index (κ2) is 7.76. The number of aromatic nitrogens is 1. The van der Waals surface area contributed by atoms with E-state index in [4.69, 9.17) is 16.3 Å². The van der Waals surface area contributed by atoms with Crippen LogP contribution in [0.4, 0.5) is 0 Å². The lowest BCUT2D eigenvalue weighted by molar-refractivity contribution is 0.122. The summed E-state index contributed by atoms with van der Waals surface area (Å²) in [5, 5.41) is 0.144. The zero-order chi connectivity index (χ0) is 14.3. The van der Waals surface area contributed by atoms with E-state index in [1.54, 1.807) is 0 Å². The smallest absolute Gasteiger partial charge is 0.240 e. The fraction of sp³-hybridized carbons (Fsp3) is 0.545. The minimum absolute atomic E-state index is 0.0980. The summed E-state index contributed by atoms with van der Waals surface area (Å²) >= 11 is 5.65. The van der Waals surface area contributed by atoms with Crippen LogP contribution in [0.15, 0.2) is 23.2 Å². The highest BCUT2D eigenvalue weighted by molar-refractivity contribution is 7.89. The Kier molecular flexibility index (Phi) is 6.67. The van der Waals surface area contributed by atoms with Crippen molar-refractivity contribution in [2.75, 3.05) is 40.4 Å². The average Bonchev–Trinajstić information content (AvgIpc) is 2.33. The lowest BCUT2D eigenvalue weighted by atomic mass is 10.5. The summed E-state index contributed by atoms with van der Waals surface area (Å²) in [6, 6.07) is 2.69. The summed E-state index contributed by atoms with van der Waals surface area (Å²) in [5.74, 6) is 0. The fourth-order valence-corrected chi connectivity index (χ4v) is 2.50. The number of sulfonamides is 1. The first kappa shape index (κ1) is 16.3. The molecule has 0 amide bonds. The topological polar surface area (TPSA) is 71.5 Å². The second-order valence-corrected chi connectivity index (χ2v) is 6.28. The number of ether oxygens (including phenoxy) is 1. The van der Waals surface area contributed by atoms with Crippen LogP contribution in [0.5, 0.6) is 0 Å². The molecule has 1 aromatic heterocycles. The van der Waals surface area contributed by atoms with Gasteiger partial charge < -0.3 is 9.64 Å². The summed E-state index contributed by atoms with van der Waals surface area (Å²) < 4.78 is 31.5. The third-order valence-corrected chi connectivity index (χ3v) is 3.90. The number of rotatable bonds is 8. The average molecular weight is 308 g/mol. The molecule has 0 atom stereocenters. The maximum absolute atomic E-state index is 11.9. The molecule has 0 aliphatic heterocycles. The van der Waals surface area contributed by atoms with Gasteiger partial charge in [-0.25, -0.2) is 18.1 Å². The van der Waals surface area contributed by atoms with Crippen LogP contribution in [0.3, 0.4) is 0 Å². The van der Waals surface area contributed by atoms with Crippen molar-refractivity contribution in [1.29, 1.82) is 0 Å². The van der Waals surface area contributed by atoms with Crippen LogP contribution in [-0.2, 0) is 14.8 Å². The van der Waals surface area contributed by atoms with Gasteiger partial charge >= 0.3 is 0 Å². The van der Waals surface area contributed by atoms with E-state index in [0.717, 1.165) is 6.54 Å². The number of halogens is 1. The van der Waals surface area contributed by atoms with Gasteiger partial charge in [0.05, 0.1) is 18.1 Å². The van der Waals surface area contributed by atoms with Crippen molar-refractivity contribution in [3.8, 4) is 0 Å². The van der Waals surface area contributed by atoms with Crippen molar-refractivity contribution in [3.63, 3.8) is 0 Å². The second-order valence-electron chi connectivity index (χ2n) is 4.13. The molecule has 8 heteroatoms. The van der Waals surface area contributed by atoms with E-state index >= 15 is 0 Å². The van der Waals surface area contributed by atoms with Crippen molar-refractivity contribution >= 4 is 21.6 Å². The molecule has 0 saturated heterocycles. The van der Waals surface area contributed by atoms with E-state index in [9.17, 15) is 8.42 Å². The summed E-state index contributed by atoms with van der Waals surface area (Å²) in [5.41, 5.74) is 0. The van der Waals surface area contributed by atoms with Crippen molar-refractivity contribution in [3.05, 3.63) is 23.5 Å². The van der Waals surface area contributed by atoms with Gasteiger partial charge in [0, 0.05) is 19.3 Å². The van der Waals surface area contributed by atoms with Crippen LogP contribution < -0.4 is 4.72 Å². The van der Waals surface area contributed by atoms with Gasteiger partial charge in [-0.05, 0) is 26.2 Å². The predicted molar refractivity (Wildman–Crippen MR) is 73.8 cm³/mol. The Morgan fingerprint density at radius 3 is 2.79 bits per heavy atom. The summed E-state index contributed by atoms with van der Waals surface area (Å²) in [6.07, 6.45) is 1.35. The molecule has 0 spiro atoms. The molecule has 0 fully saturated rings. The number of nitrogens with one attached hydrogen (secondary N) is 1. The fourth-order valence-electron chi connectivity index (χ4n) is 1.23. The van der Waals surface area contributed by atoms with Crippen molar-refractivity contribution in [2.45, 2.75) is 4.90 Å². The van der Waals surface area contributed by atoms with Crippen LogP contribution in [0, 0.1) is 0 Å². The lowest BCUT2D eigenvalue weighted by Gasteiger charge is -2.10. The number of hydrogen-bond acceptors (Lipinski definition) is 5. The largest absolute Gasteiger partial charge is 0.379 e. The van der Waals surface area contributed by atoms with Crippen LogP contribution in [0.2, 0.25) is 5.15 Å². The normalized spacial score (nSPS) is 12.0. The highest BCUT2D eigenvalue weighted by atomic mass is 35.5. The molecule has 0 aromatic carbocycles. The molecule has 0 unspecified atom stereocenters. The highest BCUT2D eigenvalue weighted by Crippen LogP contribution is 2.12. The SMILES string of the molecule is CN(C)CCOCCNS(=O)(=O)c1ccnc(Cl)c1. The third-order valence-electron chi connectivity index (χ3n) is 2.23. The number of pyridine rings is 1. The minimum atomic E-state index is -3.55. The molecule has 108 valence electrons. The monoisotopic (exact) mass is 307 g/mol. The van der Waals surface area contributed by atoms with Gasteiger partial charge in [-0.3, -0.25) is 0 Å². The van der Waals surface area contributed by atoms with Gasteiger partial charge in [0.15, 0.2) is 0 Å². The Balaban J connectivity index is 2.36. The molecular formula is C11H18ClN3O3S. The molecule has 0 aliphatic rings. The van der Waals surface area contributed by atoms with Gasteiger partial charge in [0.2, 0.25) is 10.0 Å². The molecule has 0 saturated carbocycles. The van der Waals surface area contributed by atoms with Gasteiger partial charge in [-0.1, -0.05) is 11.6 Å². The van der Waals surface area contributed by atoms with Gasteiger partial charge in [-0.15, -0.1) is 0 Å². The predicted octanol–water partition coefficient (Wildman–Crippen LogP) is 0.591. The first-order valence-corrected chi connectivity index (χ1v) is 7.61. The maximum atomic E-state index is 11.9. The summed E-state index contributed by atoms with van der Waals surface area (Å²) in [7, 11) is 0.336. The Morgan fingerprint density at radius 1 is 1.42 bits per heavy atom. The Bertz CT molecular complexity index is 494. The molecule has 0 aliphatic carbocycles. The quantitative estimate of drug-likeness (QED) is 0.562. The maximum Gasteiger partial charge on any atom is 0.240 e. The molecule has 19 heavy (non-hydrogen) atoms. The number of nitrogens with zero attached hydrogens (tertiary/aromatic N) is 2. The van der Waals surface area contributed by atoms with Crippen molar-refractivity contribution in [1.82, 2.24) is 14.6 Å². The van der Waals surface area contributed by atoms with Gasteiger partial charge in [-0.2, -0.15) is 0 Å². The molecule has 1 aromatic rings. The third kappa shape index (κ3) is 6.31. The van der Waals surface area contributed by atoms with Crippen LogP contribution in [-0.4, -0.2) is 58.7 Å². The summed E-state index contributed by atoms with van der Waals surface area (Å²) in [6.45, 7) is 1.91. The van der Waals surface area contributed by atoms with E-state index in [1.807, 2.05) is 19.0 Å². The highest BCUT2D eigenvalue weighted by Gasteiger charge is 2.13. The first-order chi connectivity index (χ1) is 8.92. The van der Waals surface area contributed by atoms with Crippen molar-refractivity contribution in [2.24, 2.45) is 0 Å². The molecule has 0 bridgehead atoms. The summed E-state index contributed by atoms with van der Waals surface area (Å²) in [4.78, 5) is 5.82. The molecule has 1 rings (SSSR count). The molecule has 6 nitrogen and oxygen atoms in total. The molecule has 0 radical (unpaired) electrons. The standard InChI is InChI=1S/C11H18ClN3O3S/c1-15(2)6-8-18-7-5-14-19(16,17)10-3-4-13-11(12)9-10/h3-4,9,14H,5-8H2,1-2H3. The number of likely N-dealkylation sites (N-methyl/N-ethyl adjacent to an activating group) is 1. The lowest BCUT2D eigenvalue weighted by Crippen LogP contribution is -2.28. The number of hydrogen-bond donors (Lipinski definition) is 1. The van der Waals surface area contributed by atoms with Crippen LogP contribution in [0.1, 0.15) is 0 Å². The van der Waals surface area contributed by atoms with Gasteiger partial charge in [0.25, 0.3) is 0 Å². The zero-order valence-corrected chi connectivity index (χ0v) is 12.5. The van der Waals surface area contributed by atoms with E-state index in [1.165, 1.54) is 18.3 Å². The van der Waals surface area contributed by atoms with E-state index in [2.05, 4.69) is 9.71 Å². The van der Waals surface area contributed by atoms with E-state index < -0.39 is 10.0 Å². The van der Waals surface area contributed by atoms with Crippen LogP contribution in [0.25, 0.3) is 0 Å². The molecule has 1 N–H and O–H groups in total. The Hall–Kier alpha value is -0.730. The van der Waals surface area contributed by atoms with E-state index in [-0.39, 0.29) is 16.6 Å². The minimum Gasteiger partial charge on any atom is -0.379 e. The van der Waals surface area contributed by atoms with Gasteiger partial charge in [0.1, 0.15) is 5.15 Å². The van der Waals surface area contributed by atoms with Crippen LogP contribution >= 0.6 is 11.6 Å². The Morgan fingerprint density at radius 2 is 2.16 bits per heavy atom.